The molecule has 1 saturated carbocycles. The second-order valence-corrected chi connectivity index (χ2v) is 4.22. The zero-order valence-electron chi connectivity index (χ0n) is 8.55. The Bertz CT molecular complexity index is 203. The molecule has 0 aliphatic heterocycles. The first-order valence-electron chi connectivity index (χ1n) is 4.78. The van der Waals surface area contributed by atoms with E-state index in [1.165, 1.54) is 0 Å². The molecule has 0 aromatic carbocycles. The van der Waals surface area contributed by atoms with Gasteiger partial charge in [0.2, 0.25) is 0 Å². The Labute approximate surface area is 79.3 Å². The van der Waals surface area contributed by atoms with Crippen LogP contribution in [0.1, 0.15) is 27.2 Å². The van der Waals surface area contributed by atoms with E-state index in [1.807, 2.05) is 6.92 Å². The summed E-state index contributed by atoms with van der Waals surface area (Å²) in [5.74, 6) is 0. The Morgan fingerprint density at radius 2 is 2.23 bits per heavy atom. The lowest BCUT2D eigenvalue weighted by atomic mass is 9.63. The lowest BCUT2D eigenvalue weighted by molar-refractivity contribution is 0.0798. The lowest BCUT2D eigenvalue weighted by Crippen LogP contribution is -2.65. The lowest BCUT2D eigenvalue weighted by Gasteiger charge is -2.50. The van der Waals surface area contributed by atoms with Crippen LogP contribution in [0.25, 0.3) is 0 Å². The van der Waals surface area contributed by atoms with Crippen molar-refractivity contribution in [3.63, 3.8) is 0 Å². The molecule has 1 rings (SSSR count). The molecule has 0 aromatic heterocycles. The molecule has 0 spiro atoms. The van der Waals surface area contributed by atoms with Gasteiger partial charge in [0.1, 0.15) is 0 Å². The summed E-state index contributed by atoms with van der Waals surface area (Å²) >= 11 is 0. The van der Waals surface area contributed by atoms with Gasteiger partial charge >= 0.3 is 6.03 Å². The van der Waals surface area contributed by atoms with Crippen LogP contribution in [0.2, 0.25) is 0 Å². The summed E-state index contributed by atoms with van der Waals surface area (Å²) in [5.41, 5.74) is 5.86. The van der Waals surface area contributed by atoms with E-state index in [1.54, 1.807) is 0 Å². The number of carbonyl (C=O) groups excluding carboxylic acids is 1. The van der Waals surface area contributed by atoms with Crippen LogP contribution < -0.4 is 16.4 Å². The van der Waals surface area contributed by atoms with E-state index in [4.69, 9.17) is 5.73 Å². The number of nitrogens with one attached hydrogen (secondary N) is 2. The van der Waals surface area contributed by atoms with Crippen molar-refractivity contribution in [3.8, 4) is 0 Å². The van der Waals surface area contributed by atoms with E-state index in [9.17, 15) is 4.79 Å². The third kappa shape index (κ3) is 1.94. The maximum atomic E-state index is 11.2. The fourth-order valence-corrected chi connectivity index (χ4v) is 1.57. The Hall–Kier alpha value is -0.770. The third-order valence-corrected chi connectivity index (χ3v) is 2.99. The summed E-state index contributed by atoms with van der Waals surface area (Å²) in [7, 11) is 0. The Kier molecular flexibility index (Phi) is 2.81. The van der Waals surface area contributed by atoms with E-state index >= 15 is 0 Å². The number of rotatable bonds is 2. The standard InChI is InChI=1S/C9H19N3O/c1-4-11-8(13)12-7-5-6(10)9(7,2)3/h6-7H,4-5,10H2,1-3H3,(H2,11,12,13). The number of hydrogen-bond donors (Lipinski definition) is 3. The average Bonchev–Trinajstić information content (AvgIpc) is 2.04. The maximum Gasteiger partial charge on any atom is 0.315 e. The van der Waals surface area contributed by atoms with E-state index in [0.29, 0.717) is 6.54 Å². The maximum absolute atomic E-state index is 11.2. The average molecular weight is 185 g/mol. The van der Waals surface area contributed by atoms with Gasteiger partial charge in [0.15, 0.2) is 0 Å². The van der Waals surface area contributed by atoms with Crippen LogP contribution in [0, 0.1) is 5.41 Å². The van der Waals surface area contributed by atoms with E-state index in [0.717, 1.165) is 6.42 Å². The number of amides is 2. The molecule has 1 aliphatic rings. The zero-order chi connectivity index (χ0) is 10.1. The molecule has 0 heterocycles. The largest absolute Gasteiger partial charge is 0.338 e. The molecule has 1 fully saturated rings. The smallest absolute Gasteiger partial charge is 0.315 e. The molecule has 1 aliphatic carbocycles. The van der Waals surface area contributed by atoms with Crippen molar-refractivity contribution in [1.82, 2.24) is 10.6 Å². The number of carbonyl (C=O) groups is 1. The monoisotopic (exact) mass is 185 g/mol. The van der Waals surface area contributed by atoms with Crippen LogP contribution in [-0.2, 0) is 0 Å². The molecule has 4 heteroatoms. The molecule has 0 bridgehead atoms. The summed E-state index contributed by atoms with van der Waals surface area (Å²) in [6.07, 6.45) is 0.879. The van der Waals surface area contributed by atoms with Crippen LogP contribution in [-0.4, -0.2) is 24.7 Å². The highest BCUT2D eigenvalue weighted by Crippen LogP contribution is 2.38. The minimum atomic E-state index is -0.0903. The number of urea groups is 1. The minimum absolute atomic E-state index is 0.0328. The third-order valence-electron chi connectivity index (χ3n) is 2.99. The van der Waals surface area contributed by atoms with Gasteiger partial charge in [-0.2, -0.15) is 0 Å². The molecule has 0 aromatic rings. The molecule has 2 unspecified atom stereocenters. The van der Waals surface area contributed by atoms with Crippen molar-refractivity contribution in [2.24, 2.45) is 11.1 Å². The molecule has 0 saturated heterocycles. The first kappa shape index (κ1) is 10.3. The summed E-state index contributed by atoms with van der Waals surface area (Å²) in [6.45, 7) is 6.72. The van der Waals surface area contributed by atoms with Crippen LogP contribution in [0.4, 0.5) is 4.79 Å². The summed E-state index contributed by atoms with van der Waals surface area (Å²) in [6, 6.07) is 0.334. The van der Waals surface area contributed by atoms with Gasteiger partial charge in [0, 0.05) is 24.0 Å². The van der Waals surface area contributed by atoms with Crippen LogP contribution in [0.5, 0.6) is 0 Å². The molecule has 4 N–H and O–H groups in total. The van der Waals surface area contributed by atoms with Gasteiger partial charge < -0.3 is 16.4 Å². The van der Waals surface area contributed by atoms with Crippen molar-refractivity contribution >= 4 is 6.03 Å². The Morgan fingerprint density at radius 1 is 1.62 bits per heavy atom. The van der Waals surface area contributed by atoms with Crippen molar-refractivity contribution in [2.45, 2.75) is 39.3 Å². The molecule has 0 radical (unpaired) electrons. The Balaban J connectivity index is 2.36. The number of hydrogen-bond acceptors (Lipinski definition) is 2. The first-order valence-corrected chi connectivity index (χ1v) is 4.78. The highest BCUT2D eigenvalue weighted by atomic mass is 16.2. The van der Waals surface area contributed by atoms with Gasteiger partial charge in [-0.05, 0) is 13.3 Å². The van der Waals surface area contributed by atoms with Crippen LogP contribution >= 0.6 is 0 Å². The summed E-state index contributed by atoms with van der Waals surface area (Å²) in [4.78, 5) is 11.2. The van der Waals surface area contributed by atoms with Gasteiger partial charge in [-0.3, -0.25) is 0 Å². The SMILES string of the molecule is CCNC(=O)NC1CC(N)C1(C)C. The summed E-state index contributed by atoms with van der Waals surface area (Å²) < 4.78 is 0. The van der Waals surface area contributed by atoms with Crippen molar-refractivity contribution in [1.29, 1.82) is 0 Å². The van der Waals surface area contributed by atoms with Crippen molar-refractivity contribution in [3.05, 3.63) is 0 Å². The van der Waals surface area contributed by atoms with Gasteiger partial charge in [-0.15, -0.1) is 0 Å². The first-order chi connectivity index (χ1) is 5.98. The van der Waals surface area contributed by atoms with Crippen molar-refractivity contribution in [2.75, 3.05) is 6.54 Å². The quantitative estimate of drug-likeness (QED) is 0.584. The van der Waals surface area contributed by atoms with Gasteiger partial charge in [-0.25, -0.2) is 4.79 Å². The Morgan fingerprint density at radius 3 is 2.62 bits per heavy atom. The fraction of sp³-hybridized carbons (Fsp3) is 0.889. The van der Waals surface area contributed by atoms with Gasteiger partial charge in [0.25, 0.3) is 0 Å². The predicted molar refractivity (Wildman–Crippen MR) is 52.4 cm³/mol. The molecular formula is C9H19N3O. The van der Waals surface area contributed by atoms with Gasteiger partial charge in [-0.1, -0.05) is 13.8 Å². The zero-order valence-corrected chi connectivity index (χ0v) is 8.55. The highest BCUT2D eigenvalue weighted by molar-refractivity contribution is 5.74. The molecule has 13 heavy (non-hydrogen) atoms. The van der Waals surface area contributed by atoms with E-state index in [-0.39, 0.29) is 23.5 Å². The van der Waals surface area contributed by atoms with E-state index < -0.39 is 0 Å². The fourth-order valence-electron chi connectivity index (χ4n) is 1.57. The topological polar surface area (TPSA) is 67.2 Å². The molecule has 2 atom stereocenters. The molecule has 2 amide bonds. The number of nitrogens with two attached hydrogens (primary N) is 1. The minimum Gasteiger partial charge on any atom is -0.338 e. The molecular weight excluding hydrogens is 166 g/mol. The van der Waals surface area contributed by atoms with Crippen LogP contribution in [0.3, 0.4) is 0 Å². The van der Waals surface area contributed by atoms with E-state index in [2.05, 4.69) is 24.5 Å². The van der Waals surface area contributed by atoms with Crippen molar-refractivity contribution < 1.29 is 4.79 Å². The second-order valence-electron chi connectivity index (χ2n) is 4.22. The van der Waals surface area contributed by atoms with Crippen LogP contribution in [0.15, 0.2) is 0 Å². The second kappa shape index (κ2) is 3.54. The highest BCUT2D eigenvalue weighted by Gasteiger charge is 2.46. The molecule has 4 nitrogen and oxygen atoms in total. The van der Waals surface area contributed by atoms with Gasteiger partial charge in [0.05, 0.1) is 0 Å². The molecule has 76 valence electrons. The predicted octanol–water partition coefficient (Wildman–Crippen LogP) is 0.431. The normalized spacial score (nSPS) is 30.5. The summed E-state index contributed by atoms with van der Waals surface area (Å²) in [5, 5.41) is 5.61.